The summed E-state index contributed by atoms with van der Waals surface area (Å²) < 4.78 is 0. The minimum absolute atomic E-state index is 0.458. The van der Waals surface area contributed by atoms with E-state index in [1.807, 2.05) is 12.3 Å². The molecule has 3 unspecified atom stereocenters. The van der Waals surface area contributed by atoms with E-state index in [0.29, 0.717) is 6.04 Å². The van der Waals surface area contributed by atoms with Crippen LogP contribution in [0.3, 0.4) is 0 Å². The van der Waals surface area contributed by atoms with Crippen molar-refractivity contribution in [2.45, 2.75) is 38.6 Å². The number of hydrogen-bond donors (Lipinski definition) is 1. The molecule has 0 bridgehead atoms. The quantitative estimate of drug-likeness (QED) is 0.893. The molecule has 0 spiro atoms. The van der Waals surface area contributed by atoms with Gasteiger partial charge in [0.25, 0.3) is 0 Å². The van der Waals surface area contributed by atoms with E-state index in [4.69, 9.17) is 0 Å². The highest BCUT2D eigenvalue weighted by Gasteiger charge is 2.30. The van der Waals surface area contributed by atoms with Gasteiger partial charge in [-0.2, -0.15) is 0 Å². The van der Waals surface area contributed by atoms with E-state index in [1.54, 1.807) is 0 Å². The predicted molar refractivity (Wildman–Crippen MR) is 84.7 cm³/mol. The van der Waals surface area contributed by atoms with Crippen molar-refractivity contribution in [1.82, 2.24) is 10.3 Å². The van der Waals surface area contributed by atoms with Gasteiger partial charge in [0, 0.05) is 17.6 Å². The van der Waals surface area contributed by atoms with Crippen LogP contribution in [-0.2, 0) is 0 Å². The molecule has 20 heavy (non-hydrogen) atoms. The van der Waals surface area contributed by atoms with Crippen molar-refractivity contribution in [3.8, 4) is 0 Å². The summed E-state index contributed by atoms with van der Waals surface area (Å²) in [5.74, 6) is 1.68. The van der Waals surface area contributed by atoms with Gasteiger partial charge in [-0.25, -0.2) is 0 Å². The Morgan fingerprint density at radius 2 is 2.15 bits per heavy atom. The molecule has 1 aliphatic rings. The first kappa shape index (κ1) is 13.6. The van der Waals surface area contributed by atoms with Crippen molar-refractivity contribution in [2.75, 3.05) is 7.05 Å². The van der Waals surface area contributed by atoms with Crippen LogP contribution in [0.4, 0.5) is 0 Å². The second-order valence-electron chi connectivity index (χ2n) is 6.03. The average Bonchev–Trinajstić information content (AvgIpc) is 2.97. The largest absolute Gasteiger partial charge is 0.313 e. The van der Waals surface area contributed by atoms with E-state index in [9.17, 15) is 0 Å². The summed E-state index contributed by atoms with van der Waals surface area (Å²) in [5, 5.41) is 4.87. The zero-order chi connectivity index (χ0) is 13.9. The van der Waals surface area contributed by atoms with Crippen LogP contribution < -0.4 is 5.32 Å². The standard InChI is InChI=1S/C18H24N2/c1-3-13-9-10-14(12-13)18(19-2)16-6-4-8-17-15(16)7-5-11-20-17/h4-8,11,13-14,18-19H,3,9-10,12H2,1-2H3. The summed E-state index contributed by atoms with van der Waals surface area (Å²) in [6.45, 7) is 2.32. The van der Waals surface area contributed by atoms with Crippen molar-refractivity contribution in [3.63, 3.8) is 0 Å². The summed E-state index contributed by atoms with van der Waals surface area (Å²) in [6.07, 6.45) is 7.30. The monoisotopic (exact) mass is 268 g/mol. The molecule has 106 valence electrons. The second-order valence-corrected chi connectivity index (χ2v) is 6.03. The molecule has 0 aliphatic heterocycles. The molecule has 2 nitrogen and oxygen atoms in total. The fourth-order valence-electron chi connectivity index (χ4n) is 3.83. The molecule has 2 aromatic rings. The summed E-state index contributed by atoms with van der Waals surface area (Å²) in [4.78, 5) is 4.49. The lowest BCUT2D eigenvalue weighted by Gasteiger charge is -2.25. The van der Waals surface area contributed by atoms with Crippen molar-refractivity contribution in [1.29, 1.82) is 0 Å². The third-order valence-corrected chi connectivity index (χ3v) is 4.96. The van der Waals surface area contributed by atoms with Gasteiger partial charge in [-0.3, -0.25) is 4.98 Å². The van der Waals surface area contributed by atoms with Crippen LogP contribution >= 0.6 is 0 Å². The summed E-state index contributed by atoms with van der Waals surface area (Å²) >= 11 is 0. The van der Waals surface area contributed by atoms with Gasteiger partial charge in [0.05, 0.1) is 5.52 Å². The Bertz CT molecular complexity index is 573. The van der Waals surface area contributed by atoms with Crippen molar-refractivity contribution in [2.24, 2.45) is 11.8 Å². The summed E-state index contributed by atoms with van der Waals surface area (Å²) in [5.41, 5.74) is 2.52. The first-order valence-corrected chi connectivity index (χ1v) is 7.84. The van der Waals surface area contributed by atoms with Crippen LogP contribution in [-0.4, -0.2) is 12.0 Å². The third kappa shape index (κ3) is 2.45. The molecule has 0 radical (unpaired) electrons. The van der Waals surface area contributed by atoms with Gasteiger partial charge in [-0.05, 0) is 49.4 Å². The Hall–Kier alpha value is -1.41. The van der Waals surface area contributed by atoms with Crippen LogP contribution in [0.2, 0.25) is 0 Å². The number of benzene rings is 1. The van der Waals surface area contributed by atoms with E-state index < -0.39 is 0 Å². The Balaban J connectivity index is 1.95. The predicted octanol–water partition coefficient (Wildman–Crippen LogP) is 4.32. The molecule has 1 aromatic carbocycles. The lowest BCUT2D eigenvalue weighted by molar-refractivity contribution is 0.374. The smallest absolute Gasteiger partial charge is 0.0705 e. The number of nitrogens with zero attached hydrogens (tertiary/aromatic N) is 1. The molecule has 1 aromatic heterocycles. The number of fused-ring (bicyclic) bond motifs is 1. The molecule has 1 fully saturated rings. The fraction of sp³-hybridized carbons (Fsp3) is 0.500. The Morgan fingerprint density at radius 3 is 2.90 bits per heavy atom. The highest BCUT2D eigenvalue weighted by atomic mass is 14.9. The normalized spacial score (nSPS) is 24.1. The number of rotatable bonds is 4. The molecule has 1 aliphatic carbocycles. The van der Waals surface area contributed by atoms with Crippen molar-refractivity contribution >= 4 is 10.9 Å². The lowest BCUT2D eigenvalue weighted by atomic mass is 9.88. The van der Waals surface area contributed by atoms with Gasteiger partial charge < -0.3 is 5.32 Å². The molecule has 2 heteroatoms. The van der Waals surface area contributed by atoms with Gasteiger partial charge in [0.15, 0.2) is 0 Å². The van der Waals surface area contributed by atoms with Gasteiger partial charge >= 0.3 is 0 Å². The topological polar surface area (TPSA) is 24.9 Å². The molecular formula is C18H24N2. The lowest BCUT2D eigenvalue weighted by Crippen LogP contribution is -2.24. The maximum atomic E-state index is 4.49. The molecule has 3 atom stereocenters. The summed E-state index contributed by atoms with van der Waals surface area (Å²) in [7, 11) is 2.10. The number of hydrogen-bond acceptors (Lipinski definition) is 2. The minimum Gasteiger partial charge on any atom is -0.313 e. The first-order chi connectivity index (χ1) is 9.83. The van der Waals surface area contributed by atoms with E-state index in [-0.39, 0.29) is 0 Å². The Kier molecular flexibility index (Phi) is 4.02. The SMILES string of the molecule is CCC1CCC(C(NC)c2cccc3ncccc23)C1. The maximum absolute atomic E-state index is 4.49. The zero-order valence-electron chi connectivity index (χ0n) is 12.5. The van der Waals surface area contributed by atoms with Gasteiger partial charge in [0.1, 0.15) is 0 Å². The van der Waals surface area contributed by atoms with Crippen LogP contribution in [0.5, 0.6) is 0 Å². The molecule has 3 rings (SSSR count). The van der Waals surface area contributed by atoms with Crippen molar-refractivity contribution in [3.05, 3.63) is 42.1 Å². The Morgan fingerprint density at radius 1 is 1.25 bits per heavy atom. The van der Waals surface area contributed by atoms with E-state index >= 15 is 0 Å². The maximum Gasteiger partial charge on any atom is 0.0705 e. The number of nitrogens with one attached hydrogen (secondary N) is 1. The molecule has 1 N–H and O–H groups in total. The van der Waals surface area contributed by atoms with E-state index in [1.165, 1.54) is 36.6 Å². The molecular weight excluding hydrogens is 244 g/mol. The van der Waals surface area contributed by atoms with E-state index in [2.05, 4.69) is 48.5 Å². The number of aromatic nitrogens is 1. The van der Waals surface area contributed by atoms with Crippen LogP contribution in [0.1, 0.15) is 44.2 Å². The van der Waals surface area contributed by atoms with Crippen molar-refractivity contribution < 1.29 is 0 Å². The molecule has 1 heterocycles. The van der Waals surface area contributed by atoms with Crippen LogP contribution in [0.15, 0.2) is 36.5 Å². The van der Waals surface area contributed by atoms with Gasteiger partial charge in [-0.15, -0.1) is 0 Å². The zero-order valence-corrected chi connectivity index (χ0v) is 12.5. The summed E-state index contributed by atoms with van der Waals surface area (Å²) in [6, 6.07) is 11.2. The highest BCUT2D eigenvalue weighted by molar-refractivity contribution is 5.82. The first-order valence-electron chi connectivity index (χ1n) is 7.84. The van der Waals surface area contributed by atoms with Crippen LogP contribution in [0, 0.1) is 11.8 Å². The fourth-order valence-corrected chi connectivity index (χ4v) is 3.83. The molecule has 0 saturated heterocycles. The highest BCUT2D eigenvalue weighted by Crippen LogP contribution is 2.41. The number of pyridine rings is 1. The van der Waals surface area contributed by atoms with E-state index in [0.717, 1.165) is 17.4 Å². The minimum atomic E-state index is 0.458. The van der Waals surface area contributed by atoms with Gasteiger partial charge in [0.2, 0.25) is 0 Å². The average molecular weight is 268 g/mol. The van der Waals surface area contributed by atoms with Gasteiger partial charge in [-0.1, -0.05) is 38.0 Å². The Labute approximate surface area is 121 Å². The third-order valence-electron chi connectivity index (χ3n) is 4.96. The second kappa shape index (κ2) is 5.92. The molecule has 0 amide bonds. The van der Waals surface area contributed by atoms with Crippen LogP contribution in [0.25, 0.3) is 10.9 Å². The molecule has 1 saturated carbocycles.